The normalized spacial score (nSPS) is 10.5. The first kappa shape index (κ1) is 16.8. The minimum atomic E-state index is -0.255. The smallest absolute Gasteiger partial charge is 0.291 e. The number of carbonyl (C=O) groups excluding carboxylic acids is 1. The molecule has 0 atom stereocenters. The fourth-order valence-corrected chi connectivity index (χ4v) is 2.63. The van der Waals surface area contributed by atoms with E-state index in [9.17, 15) is 4.79 Å². The molecule has 2 aromatic carbocycles. The zero-order valence-corrected chi connectivity index (χ0v) is 14.4. The summed E-state index contributed by atoms with van der Waals surface area (Å²) in [6.07, 6.45) is 0.853. The lowest BCUT2D eigenvalue weighted by molar-refractivity contribution is 0.0992. The third-order valence-electron chi connectivity index (χ3n) is 3.99. The van der Waals surface area contributed by atoms with Crippen molar-refractivity contribution in [3.05, 3.63) is 83.3 Å². The number of amides is 1. The van der Waals surface area contributed by atoms with Crippen molar-refractivity contribution in [1.82, 2.24) is 0 Å². The Kier molecular flexibility index (Phi) is 5.19. The monoisotopic (exact) mass is 335 g/mol. The van der Waals surface area contributed by atoms with Gasteiger partial charge in [-0.25, -0.2) is 0 Å². The molecule has 0 aliphatic carbocycles. The largest absolute Gasteiger partial charge is 0.486 e. The lowest BCUT2D eigenvalue weighted by Gasteiger charge is -2.12. The van der Waals surface area contributed by atoms with Crippen molar-refractivity contribution in [1.29, 1.82) is 0 Å². The van der Waals surface area contributed by atoms with E-state index in [0.717, 1.165) is 29.0 Å². The second-order valence-corrected chi connectivity index (χ2v) is 5.78. The molecule has 1 N–H and O–H groups in total. The Morgan fingerprint density at radius 1 is 1.04 bits per heavy atom. The molecule has 0 unspecified atom stereocenters. The molecule has 128 valence electrons. The van der Waals surface area contributed by atoms with E-state index < -0.39 is 0 Å². The number of benzene rings is 2. The lowest BCUT2D eigenvalue weighted by atomic mass is 10.1. The van der Waals surface area contributed by atoms with E-state index in [4.69, 9.17) is 9.15 Å². The Labute approximate surface area is 147 Å². The summed E-state index contributed by atoms with van der Waals surface area (Å²) in [5.74, 6) is 1.39. The van der Waals surface area contributed by atoms with Crippen LogP contribution in [0.4, 0.5) is 5.69 Å². The second-order valence-electron chi connectivity index (χ2n) is 5.78. The summed E-state index contributed by atoms with van der Waals surface area (Å²) in [5, 5.41) is 2.96. The molecule has 1 amide bonds. The maximum atomic E-state index is 12.5. The molecule has 0 bridgehead atoms. The molecule has 3 aromatic rings. The molecule has 0 saturated heterocycles. The van der Waals surface area contributed by atoms with Gasteiger partial charge in [0, 0.05) is 5.69 Å². The van der Waals surface area contributed by atoms with Gasteiger partial charge in [0.25, 0.3) is 5.91 Å². The maximum absolute atomic E-state index is 12.5. The van der Waals surface area contributed by atoms with Crippen LogP contribution >= 0.6 is 0 Å². The van der Waals surface area contributed by atoms with Gasteiger partial charge in [0.1, 0.15) is 18.1 Å². The van der Waals surface area contributed by atoms with Crippen LogP contribution in [0.5, 0.6) is 5.75 Å². The van der Waals surface area contributed by atoms with Crippen molar-refractivity contribution < 1.29 is 13.9 Å². The Balaban J connectivity index is 1.67. The fraction of sp³-hybridized carbons (Fsp3) is 0.190. The van der Waals surface area contributed by atoms with Crippen molar-refractivity contribution in [3.8, 4) is 5.75 Å². The van der Waals surface area contributed by atoms with Crippen LogP contribution in [-0.4, -0.2) is 5.91 Å². The topological polar surface area (TPSA) is 51.5 Å². The number of carbonyl (C=O) groups is 1. The van der Waals surface area contributed by atoms with Crippen molar-refractivity contribution in [2.45, 2.75) is 26.9 Å². The minimum absolute atomic E-state index is 0.255. The molecular formula is C21H21NO3. The van der Waals surface area contributed by atoms with Gasteiger partial charge in [-0.15, -0.1) is 0 Å². The Bertz CT molecular complexity index is 853. The van der Waals surface area contributed by atoms with Crippen LogP contribution in [-0.2, 0) is 13.0 Å². The SMILES string of the molecule is CCc1cccc(C)c1NC(=O)c1ccc(COc2ccccc2)o1. The summed E-state index contributed by atoms with van der Waals surface area (Å²) in [6, 6.07) is 18.9. The van der Waals surface area contributed by atoms with Gasteiger partial charge in [-0.05, 0) is 48.7 Å². The van der Waals surface area contributed by atoms with E-state index in [-0.39, 0.29) is 18.3 Å². The number of rotatable bonds is 6. The third-order valence-corrected chi connectivity index (χ3v) is 3.99. The van der Waals surface area contributed by atoms with Gasteiger partial charge >= 0.3 is 0 Å². The van der Waals surface area contributed by atoms with Crippen molar-refractivity contribution >= 4 is 11.6 Å². The summed E-state index contributed by atoms with van der Waals surface area (Å²) in [6.45, 7) is 4.33. The minimum Gasteiger partial charge on any atom is -0.486 e. The molecule has 0 aliphatic heterocycles. The average Bonchev–Trinajstić information content (AvgIpc) is 3.11. The molecule has 25 heavy (non-hydrogen) atoms. The summed E-state index contributed by atoms with van der Waals surface area (Å²) >= 11 is 0. The number of hydrogen-bond acceptors (Lipinski definition) is 3. The van der Waals surface area contributed by atoms with Crippen molar-refractivity contribution in [2.24, 2.45) is 0 Å². The highest BCUT2D eigenvalue weighted by Crippen LogP contribution is 2.22. The lowest BCUT2D eigenvalue weighted by Crippen LogP contribution is -2.13. The third kappa shape index (κ3) is 4.10. The molecule has 0 spiro atoms. The molecule has 1 heterocycles. The van der Waals surface area contributed by atoms with E-state index in [1.54, 1.807) is 12.1 Å². The Hall–Kier alpha value is -3.01. The standard InChI is InChI=1S/C21H21NO3/c1-3-16-9-7-8-15(2)20(16)22-21(23)19-13-12-18(25-19)14-24-17-10-5-4-6-11-17/h4-13H,3,14H2,1-2H3,(H,22,23). The first-order valence-corrected chi connectivity index (χ1v) is 8.33. The van der Waals surface area contributed by atoms with Crippen LogP contribution in [0.15, 0.2) is 65.1 Å². The first-order valence-electron chi connectivity index (χ1n) is 8.33. The van der Waals surface area contributed by atoms with Crippen LogP contribution < -0.4 is 10.1 Å². The summed E-state index contributed by atoms with van der Waals surface area (Å²) in [5.41, 5.74) is 2.99. The van der Waals surface area contributed by atoms with Crippen LogP contribution in [0.25, 0.3) is 0 Å². The van der Waals surface area contributed by atoms with E-state index in [1.807, 2.05) is 55.5 Å². The molecule has 0 saturated carbocycles. The molecule has 3 rings (SSSR count). The van der Waals surface area contributed by atoms with Crippen LogP contribution in [0.2, 0.25) is 0 Å². The van der Waals surface area contributed by atoms with Gasteiger partial charge in [-0.2, -0.15) is 0 Å². The highest BCUT2D eigenvalue weighted by atomic mass is 16.5. The number of furan rings is 1. The van der Waals surface area contributed by atoms with Gasteiger partial charge in [0.15, 0.2) is 5.76 Å². The van der Waals surface area contributed by atoms with Gasteiger partial charge < -0.3 is 14.5 Å². The molecular weight excluding hydrogens is 314 g/mol. The van der Waals surface area contributed by atoms with E-state index in [2.05, 4.69) is 12.2 Å². The highest BCUT2D eigenvalue weighted by molar-refractivity contribution is 6.03. The Morgan fingerprint density at radius 3 is 2.60 bits per heavy atom. The van der Waals surface area contributed by atoms with Gasteiger partial charge in [0.05, 0.1) is 0 Å². The predicted molar refractivity (Wildman–Crippen MR) is 98.0 cm³/mol. The van der Waals surface area contributed by atoms with Crippen LogP contribution in [0.3, 0.4) is 0 Å². The van der Waals surface area contributed by atoms with Crippen LogP contribution in [0, 0.1) is 6.92 Å². The molecule has 1 aromatic heterocycles. The van der Waals surface area contributed by atoms with Crippen molar-refractivity contribution in [2.75, 3.05) is 5.32 Å². The number of ether oxygens (including phenoxy) is 1. The van der Waals surface area contributed by atoms with Gasteiger partial charge in [-0.1, -0.05) is 43.3 Å². The molecule has 4 heteroatoms. The molecule has 0 radical (unpaired) electrons. The predicted octanol–water partition coefficient (Wildman–Crippen LogP) is 4.98. The van der Waals surface area contributed by atoms with E-state index >= 15 is 0 Å². The number of anilines is 1. The fourth-order valence-electron chi connectivity index (χ4n) is 2.63. The van der Waals surface area contributed by atoms with E-state index in [0.29, 0.717) is 5.76 Å². The quantitative estimate of drug-likeness (QED) is 0.691. The van der Waals surface area contributed by atoms with E-state index in [1.165, 1.54) is 0 Å². The Morgan fingerprint density at radius 2 is 1.84 bits per heavy atom. The maximum Gasteiger partial charge on any atom is 0.291 e. The second kappa shape index (κ2) is 7.71. The zero-order valence-electron chi connectivity index (χ0n) is 14.4. The molecule has 0 fully saturated rings. The number of hydrogen-bond donors (Lipinski definition) is 1. The average molecular weight is 335 g/mol. The zero-order chi connectivity index (χ0) is 17.6. The van der Waals surface area contributed by atoms with Crippen LogP contribution in [0.1, 0.15) is 34.4 Å². The summed E-state index contributed by atoms with van der Waals surface area (Å²) in [4.78, 5) is 12.5. The highest BCUT2D eigenvalue weighted by Gasteiger charge is 2.14. The number of aryl methyl sites for hydroxylation is 2. The number of nitrogens with one attached hydrogen (secondary N) is 1. The molecule has 0 aliphatic rings. The van der Waals surface area contributed by atoms with Gasteiger partial charge in [-0.3, -0.25) is 4.79 Å². The summed E-state index contributed by atoms with van der Waals surface area (Å²) < 4.78 is 11.2. The first-order chi connectivity index (χ1) is 12.2. The van der Waals surface area contributed by atoms with Gasteiger partial charge in [0.2, 0.25) is 0 Å². The van der Waals surface area contributed by atoms with Crippen molar-refractivity contribution in [3.63, 3.8) is 0 Å². The molecule has 4 nitrogen and oxygen atoms in total. The number of para-hydroxylation sites is 2. The summed E-state index contributed by atoms with van der Waals surface area (Å²) in [7, 11) is 0.